The molecular weight excluding hydrogens is 384 g/mol. The van der Waals surface area contributed by atoms with Gasteiger partial charge < -0.3 is 20.5 Å². The third kappa shape index (κ3) is 3.10. The van der Waals surface area contributed by atoms with Crippen LogP contribution < -0.4 is 15.8 Å². The van der Waals surface area contributed by atoms with Crippen molar-refractivity contribution in [2.24, 2.45) is 10.7 Å². The quantitative estimate of drug-likeness (QED) is 0.798. The fraction of sp³-hybridized carbons (Fsp3) is 0.263. The van der Waals surface area contributed by atoms with Gasteiger partial charge in [0.25, 0.3) is 11.9 Å². The minimum absolute atomic E-state index is 0.0245. The molecule has 8 nitrogen and oxygen atoms in total. The third-order valence-electron chi connectivity index (χ3n) is 4.81. The molecule has 3 heterocycles. The molecule has 1 aromatic heterocycles. The zero-order chi connectivity index (χ0) is 20.6. The van der Waals surface area contributed by atoms with Crippen molar-refractivity contribution in [3.8, 4) is 11.8 Å². The van der Waals surface area contributed by atoms with E-state index in [9.17, 15) is 13.6 Å². The Balaban J connectivity index is 1.68. The smallest absolute Gasteiger partial charge is 0.310 e. The monoisotopic (exact) mass is 399 g/mol. The number of alkyl halides is 2. The van der Waals surface area contributed by atoms with Crippen LogP contribution in [0.3, 0.4) is 0 Å². The minimum atomic E-state index is -3.31. The number of carbonyl (C=O) groups excluding carboxylic acids is 1. The first-order valence-corrected chi connectivity index (χ1v) is 8.66. The van der Waals surface area contributed by atoms with Crippen molar-refractivity contribution in [2.45, 2.75) is 17.9 Å². The molecular formula is C19H15F2N5O3. The van der Waals surface area contributed by atoms with Crippen LogP contribution in [0.2, 0.25) is 0 Å². The predicted octanol–water partition coefficient (Wildman–Crippen LogP) is 2.16. The van der Waals surface area contributed by atoms with E-state index in [-0.39, 0.29) is 41.7 Å². The van der Waals surface area contributed by atoms with Gasteiger partial charge in [-0.3, -0.25) is 4.79 Å². The van der Waals surface area contributed by atoms with Gasteiger partial charge in [0.1, 0.15) is 24.1 Å². The number of aromatic nitrogens is 1. The van der Waals surface area contributed by atoms with Gasteiger partial charge in [-0.05, 0) is 30.3 Å². The van der Waals surface area contributed by atoms with Crippen LogP contribution >= 0.6 is 0 Å². The lowest BCUT2D eigenvalue weighted by molar-refractivity contribution is -0.194. The maximum Gasteiger partial charge on any atom is 0.310 e. The summed E-state index contributed by atoms with van der Waals surface area (Å²) in [5.41, 5.74) is 4.28. The number of ether oxygens (including phenoxy) is 2. The first-order valence-electron chi connectivity index (χ1n) is 8.66. The zero-order valence-corrected chi connectivity index (χ0v) is 15.0. The SMILES string of the molecule is N#Cc1ccc(C(=O)Nc2ccc3c(c2)[C@@]2(CCO3)OC(N)=NCC2(F)F)nc1. The second-order valence-corrected chi connectivity index (χ2v) is 6.60. The van der Waals surface area contributed by atoms with Crippen molar-refractivity contribution in [3.63, 3.8) is 0 Å². The summed E-state index contributed by atoms with van der Waals surface area (Å²) in [5.74, 6) is -3.65. The van der Waals surface area contributed by atoms with E-state index in [1.165, 1.54) is 36.5 Å². The number of halogens is 2. The highest BCUT2D eigenvalue weighted by Crippen LogP contribution is 2.51. The summed E-state index contributed by atoms with van der Waals surface area (Å²) in [4.78, 5) is 19.8. The molecule has 10 heteroatoms. The van der Waals surface area contributed by atoms with E-state index >= 15 is 0 Å². The van der Waals surface area contributed by atoms with Gasteiger partial charge in [0, 0.05) is 23.9 Å². The van der Waals surface area contributed by atoms with Crippen molar-refractivity contribution < 1.29 is 23.0 Å². The molecule has 0 fully saturated rings. The van der Waals surface area contributed by atoms with Crippen LogP contribution in [-0.4, -0.2) is 36.0 Å². The Hall–Kier alpha value is -3.74. The first-order chi connectivity index (χ1) is 13.8. The molecule has 2 aliphatic rings. The van der Waals surface area contributed by atoms with Gasteiger partial charge in [0.2, 0.25) is 5.60 Å². The summed E-state index contributed by atoms with van der Waals surface area (Å²) in [6.07, 6.45) is 1.14. The Morgan fingerprint density at radius 2 is 2.14 bits per heavy atom. The van der Waals surface area contributed by atoms with Gasteiger partial charge in [-0.2, -0.15) is 14.0 Å². The molecule has 0 aliphatic carbocycles. The molecule has 0 unspecified atom stereocenters. The van der Waals surface area contributed by atoms with Crippen LogP contribution in [0, 0.1) is 11.3 Å². The summed E-state index contributed by atoms with van der Waals surface area (Å²) in [5, 5.41) is 11.4. The highest BCUT2D eigenvalue weighted by atomic mass is 19.3. The number of benzene rings is 1. The van der Waals surface area contributed by atoms with Gasteiger partial charge in [0.15, 0.2) is 0 Å². The number of hydrogen-bond donors (Lipinski definition) is 2. The Bertz CT molecular complexity index is 1050. The summed E-state index contributed by atoms with van der Waals surface area (Å²) in [7, 11) is 0. The number of fused-ring (bicyclic) bond motifs is 2. The van der Waals surface area contributed by atoms with Gasteiger partial charge in [-0.15, -0.1) is 0 Å². The van der Waals surface area contributed by atoms with Crippen LogP contribution in [0.1, 0.15) is 28.0 Å². The van der Waals surface area contributed by atoms with Crippen molar-refractivity contribution in [1.29, 1.82) is 5.26 Å². The predicted molar refractivity (Wildman–Crippen MR) is 97.7 cm³/mol. The molecule has 1 atom stereocenters. The number of nitrogens with two attached hydrogens (primary N) is 1. The normalized spacial score (nSPS) is 21.8. The average Bonchev–Trinajstić information content (AvgIpc) is 2.72. The summed E-state index contributed by atoms with van der Waals surface area (Å²) < 4.78 is 40.6. The van der Waals surface area contributed by atoms with Crippen molar-refractivity contribution in [1.82, 2.24) is 4.98 Å². The van der Waals surface area contributed by atoms with Crippen molar-refractivity contribution in [2.75, 3.05) is 18.5 Å². The number of amides is 1. The molecule has 2 aliphatic heterocycles. The van der Waals surface area contributed by atoms with Crippen LogP contribution in [0.15, 0.2) is 41.5 Å². The molecule has 1 aromatic carbocycles. The molecule has 0 radical (unpaired) electrons. The number of carbonyl (C=O) groups is 1. The maximum atomic E-state index is 14.9. The molecule has 4 rings (SSSR count). The molecule has 1 amide bonds. The Morgan fingerprint density at radius 3 is 2.86 bits per heavy atom. The number of anilines is 1. The van der Waals surface area contributed by atoms with E-state index in [4.69, 9.17) is 20.5 Å². The van der Waals surface area contributed by atoms with Gasteiger partial charge in [-0.1, -0.05) is 0 Å². The van der Waals surface area contributed by atoms with Crippen LogP contribution in [-0.2, 0) is 10.3 Å². The van der Waals surface area contributed by atoms with Crippen molar-refractivity contribution in [3.05, 3.63) is 53.3 Å². The van der Waals surface area contributed by atoms with E-state index in [0.717, 1.165) is 0 Å². The number of hydrogen-bond acceptors (Lipinski definition) is 7. The number of pyridine rings is 1. The minimum Gasteiger partial charge on any atom is -0.493 e. The third-order valence-corrected chi connectivity index (χ3v) is 4.81. The standard InChI is InChI=1S/C19H15F2N5O3/c20-19(21)10-25-17(23)29-18(19)5-6-28-15-4-2-12(7-13(15)18)26-16(27)14-3-1-11(8-22)9-24-14/h1-4,7,9H,5-6,10H2,(H2,23,25)(H,26,27)/t18-/m1/s1. The van der Waals surface area contributed by atoms with Crippen LogP contribution in [0.4, 0.5) is 14.5 Å². The van der Waals surface area contributed by atoms with E-state index in [0.29, 0.717) is 5.56 Å². The van der Waals surface area contributed by atoms with E-state index in [2.05, 4.69) is 15.3 Å². The summed E-state index contributed by atoms with van der Waals surface area (Å²) in [6.45, 7) is -0.777. The molecule has 29 heavy (non-hydrogen) atoms. The second-order valence-electron chi connectivity index (χ2n) is 6.60. The summed E-state index contributed by atoms with van der Waals surface area (Å²) >= 11 is 0. The average molecular weight is 399 g/mol. The number of nitrogens with one attached hydrogen (secondary N) is 1. The van der Waals surface area contributed by atoms with Crippen LogP contribution in [0.5, 0.6) is 5.75 Å². The highest BCUT2D eigenvalue weighted by molar-refractivity contribution is 6.03. The molecule has 0 saturated carbocycles. The number of nitriles is 1. The molecule has 2 aromatic rings. The van der Waals surface area contributed by atoms with Gasteiger partial charge in [0.05, 0.1) is 12.2 Å². The molecule has 148 valence electrons. The lowest BCUT2D eigenvalue weighted by Crippen LogP contribution is -2.57. The topological polar surface area (TPSA) is 123 Å². The lowest BCUT2D eigenvalue weighted by Gasteiger charge is -2.44. The van der Waals surface area contributed by atoms with E-state index in [1.807, 2.05) is 6.07 Å². The van der Waals surface area contributed by atoms with Crippen molar-refractivity contribution >= 4 is 17.6 Å². The highest BCUT2D eigenvalue weighted by Gasteiger charge is 2.61. The first kappa shape index (κ1) is 18.6. The van der Waals surface area contributed by atoms with Gasteiger partial charge in [-0.25, -0.2) is 9.98 Å². The Labute approximate surface area is 164 Å². The van der Waals surface area contributed by atoms with Crippen LogP contribution in [0.25, 0.3) is 0 Å². The molecule has 1 spiro atoms. The van der Waals surface area contributed by atoms with Gasteiger partial charge >= 0.3 is 5.92 Å². The molecule has 3 N–H and O–H groups in total. The zero-order valence-electron chi connectivity index (χ0n) is 15.0. The number of rotatable bonds is 2. The van der Waals surface area contributed by atoms with E-state index in [1.54, 1.807) is 0 Å². The fourth-order valence-electron chi connectivity index (χ4n) is 3.35. The second kappa shape index (κ2) is 6.70. The Kier molecular flexibility index (Phi) is 4.30. The summed E-state index contributed by atoms with van der Waals surface area (Å²) in [6, 6.07) is 8.83. The molecule has 0 saturated heterocycles. The fourth-order valence-corrected chi connectivity index (χ4v) is 3.35. The number of amidine groups is 1. The number of nitrogens with zero attached hydrogens (tertiary/aromatic N) is 3. The largest absolute Gasteiger partial charge is 0.493 e. The maximum absolute atomic E-state index is 14.9. The lowest BCUT2D eigenvalue weighted by atomic mass is 9.81. The Morgan fingerprint density at radius 1 is 1.31 bits per heavy atom. The van der Waals surface area contributed by atoms with E-state index < -0.39 is 24.0 Å². The number of aliphatic imine (C=N–C) groups is 1. The molecule has 0 bridgehead atoms.